The van der Waals surface area contributed by atoms with E-state index in [0.717, 1.165) is 27.8 Å². The maximum Gasteiger partial charge on any atom is 0.248 e. The molecule has 4 heteroatoms. The molecule has 0 fully saturated rings. The second kappa shape index (κ2) is 4.74. The fourth-order valence-corrected chi connectivity index (χ4v) is 2.39. The lowest BCUT2D eigenvalue weighted by Crippen LogP contribution is -2.10. The zero-order chi connectivity index (χ0) is 14.1. The van der Waals surface area contributed by atoms with Crippen LogP contribution in [0.5, 0.6) is 5.75 Å². The Bertz CT molecular complexity index is 790. The minimum absolute atomic E-state index is 0.428. The van der Waals surface area contributed by atoms with Crippen molar-refractivity contribution < 1.29 is 9.53 Å². The summed E-state index contributed by atoms with van der Waals surface area (Å²) >= 11 is 0. The van der Waals surface area contributed by atoms with Crippen LogP contribution in [-0.2, 0) is 0 Å². The van der Waals surface area contributed by atoms with E-state index < -0.39 is 5.91 Å². The van der Waals surface area contributed by atoms with Gasteiger partial charge in [-0.25, -0.2) is 0 Å². The zero-order valence-electron chi connectivity index (χ0n) is 11.0. The normalized spacial score (nSPS) is 10.7. The first kappa shape index (κ1) is 12.3. The lowest BCUT2D eigenvalue weighted by Gasteiger charge is -2.08. The monoisotopic (exact) mass is 266 g/mol. The van der Waals surface area contributed by atoms with Gasteiger partial charge in [0.05, 0.1) is 12.6 Å². The van der Waals surface area contributed by atoms with Crippen molar-refractivity contribution >= 4 is 16.8 Å². The number of hydrogen-bond donors (Lipinski definition) is 2. The number of methoxy groups -OCH3 is 1. The number of carbonyl (C=O) groups is 1. The first-order valence-corrected chi connectivity index (χ1v) is 6.25. The molecule has 0 saturated heterocycles. The number of benzene rings is 2. The van der Waals surface area contributed by atoms with Crippen LogP contribution in [0.2, 0.25) is 0 Å². The summed E-state index contributed by atoms with van der Waals surface area (Å²) in [5.74, 6) is 0.388. The lowest BCUT2D eigenvalue weighted by molar-refractivity contribution is 0.100. The largest absolute Gasteiger partial charge is 0.496 e. The van der Waals surface area contributed by atoms with E-state index in [0.29, 0.717) is 5.56 Å². The SMILES string of the molecule is COc1ccc(-c2cccc(C(N)=O)c2)c2[nH]ccc12. The van der Waals surface area contributed by atoms with Gasteiger partial charge in [-0.1, -0.05) is 12.1 Å². The Morgan fingerprint density at radius 1 is 1.20 bits per heavy atom. The summed E-state index contributed by atoms with van der Waals surface area (Å²) in [6.45, 7) is 0. The number of H-pyrrole nitrogens is 1. The minimum atomic E-state index is -0.428. The summed E-state index contributed by atoms with van der Waals surface area (Å²) in [6, 6.07) is 13.1. The molecule has 0 aliphatic carbocycles. The predicted octanol–water partition coefficient (Wildman–Crippen LogP) is 2.94. The summed E-state index contributed by atoms with van der Waals surface area (Å²) in [5.41, 5.74) is 8.76. The molecule has 2 aromatic carbocycles. The number of hydrogen-bond acceptors (Lipinski definition) is 2. The highest BCUT2D eigenvalue weighted by molar-refractivity contribution is 6.00. The number of ether oxygens (including phenoxy) is 1. The molecule has 1 amide bonds. The summed E-state index contributed by atoms with van der Waals surface area (Å²) in [4.78, 5) is 14.5. The predicted molar refractivity (Wildman–Crippen MR) is 78.8 cm³/mol. The number of aromatic nitrogens is 1. The van der Waals surface area contributed by atoms with Gasteiger partial charge >= 0.3 is 0 Å². The number of aromatic amines is 1. The molecule has 0 aliphatic heterocycles. The van der Waals surface area contributed by atoms with Crippen molar-refractivity contribution in [2.45, 2.75) is 0 Å². The highest BCUT2D eigenvalue weighted by Gasteiger charge is 2.10. The average Bonchev–Trinajstić information content (AvgIpc) is 2.95. The third-order valence-electron chi connectivity index (χ3n) is 3.36. The molecule has 20 heavy (non-hydrogen) atoms. The molecule has 4 nitrogen and oxygen atoms in total. The van der Waals surface area contributed by atoms with Crippen LogP contribution in [-0.4, -0.2) is 18.0 Å². The first-order chi connectivity index (χ1) is 9.70. The molecule has 1 heterocycles. The maximum atomic E-state index is 11.3. The highest BCUT2D eigenvalue weighted by atomic mass is 16.5. The Hall–Kier alpha value is -2.75. The van der Waals surface area contributed by atoms with Crippen LogP contribution in [0.3, 0.4) is 0 Å². The van der Waals surface area contributed by atoms with Gasteiger partial charge in [0.25, 0.3) is 0 Å². The Balaban J connectivity index is 2.22. The van der Waals surface area contributed by atoms with Crippen molar-refractivity contribution in [1.82, 2.24) is 4.98 Å². The Kier molecular flexibility index (Phi) is 2.91. The van der Waals surface area contributed by atoms with Gasteiger partial charge in [0.2, 0.25) is 5.91 Å². The molecule has 100 valence electrons. The number of fused-ring (bicyclic) bond motifs is 1. The maximum absolute atomic E-state index is 11.3. The van der Waals surface area contributed by atoms with E-state index >= 15 is 0 Å². The molecular weight excluding hydrogens is 252 g/mol. The van der Waals surface area contributed by atoms with Gasteiger partial charge < -0.3 is 15.5 Å². The molecule has 0 aliphatic rings. The van der Waals surface area contributed by atoms with E-state index in [9.17, 15) is 4.79 Å². The van der Waals surface area contributed by atoms with Gasteiger partial charge in [-0.2, -0.15) is 0 Å². The molecule has 1 aromatic heterocycles. The van der Waals surface area contributed by atoms with Crippen LogP contribution < -0.4 is 10.5 Å². The quantitative estimate of drug-likeness (QED) is 0.765. The lowest BCUT2D eigenvalue weighted by atomic mass is 10.0. The molecule has 0 saturated carbocycles. The summed E-state index contributed by atoms with van der Waals surface area (Å²) in [6.07, 6.45) is 1.87. The number of rotatable bonds is 3. The van der Waals surface area contributed by atoms with E-state index in [1.807, 2.05) is 36.5 Å². The molecule has 3 aromatic rings. The third kappa shape index (κ3) is 1.91. The molecule has 0 unspecified atom stereocenters. The molecular formula is C16H14N2O2. The van der Waals surface area contributed by atoms with E-state index in [2.05, 4.69) is 4.98 Å². The Labute approximate surface area is 116 Å². The minimum Gasteiger partial charge on any atom is -0.496 e. The number of primary amides is 1. The van der Waals surface area contributed by atoms with E-state index in [1.165, 1.54) is 0 Å². The van der Waals surface area contributed by atoms with E-state index in [1.54, 1.807) is 19.2 Å². The van der Waals surface area contributed by atoms with Crippen LogP contribution in [0.4, 0.5) is 0 Å². The third-order valence-corrected chi connectivity index (χ3v) is 3.36. The van der Waals surface area contributed by atoms with Crippen molar-refractivity contribution in [2.24, 2.45) is 5.73 Å². The van der Waals surface area contributed by atoms with Crippen molar-refractivity contribution in [3.8, 4) is 16.9 Å². The number of nitrogens with two attached hydrogens (primary N) is 1. The van der Waals surface area contributed by atoms with Gasteiger partial charge in [0.15, 0.2) is 0 Å². The van der Waals surface area contributed by atoms with Crippen molar-refractivity contribution in [3.05, 3.63) is 54.2 Å². The average molecular weight is 266 g/mol. The van der Waals surface area contributed by atoms with Gasteiger partial charge in [0, 0.05) is 22.7 Å². The Morgan fingerprint density at radius 3 is 2.80 bits per heavy atom. The molecule has 3 N–H and O–H groups in total. The number of carbonyl (C=O) groups excluding carboxylic acids is 1. The van der Waals surface area contributed by atoms with Gasteiger partial charge in [0.1, 0.15) is 5.75 Å². The van der Waals surface area contributed by atoms with Crippen LogP contribution >= 0.6 is 0 Å². The topological polar surface area (TPSA) is 68.1 Å². The summed E-state index contributed by atoms with van der Waals surface area (Å²) < 4.78 is 5.34. The fraction of sp³-hybridized carbons (Fsp3) is 0.0625. The molecule has 0 spiro atoms. The molecule has 0 bridgehead atoms. The molecule has 0 radical (unpaired) electrons. The van der Waals surface area contributed by atoms with Crippen LogP contribution in [0.25, 0.3) is 22.0 Å². The van der Waals surface area contributed by atoms with Gasteiger partial charge in [-0.15, -0.1) is 0 Å². The van der Waals surface area contributed by atoms with E-state index in [-0.39, 0.29) is 0 Å². The van der Waals surface area contributed by atoms with Crippen molar-refractivity contribution in [3.63, 3.8) is 0 Å². The van der Waals surface area contributed by atoms with Crippen molar-refractivity contribution in [1.29, 1.82) is 0 Å². The second-order valence-electron chi connectivity index (χ2n) is 4.53. The van der Waals surface area contributed by atoms with E-state index in [4.69, 9.17) is 10.5 Å². The smallest absolute Gasteiger partial charge is 0.248 e. The summed E-state index contributed by atoms with van der Waals surface area (Å²) in [7, 11) is 1.65. The van der Waals surface area contributed by atoms with Crippen LogP contribution in [0, 0.1) is 0 Å². The van der Waals surface area contributed by atoms with Gasteiger partial charge in [-0.05, 0) is 35.9 Å². The fourth-order valence-electron chi connectivity index (χ4n) is 2.39. The van der Waals surface area contributed by atoms with Crippen LogP contribution in [0.15, 0.2) is 48.7 Å². The Morgan fingerprint density at radius 2 is 2.05 bits per heavy atom. The zero-order valence-corrected chi connectivity index (χ0v) is 11.0. The highest BCUT2D eigenvalue weighted by Crippen LogP contribution is 2.33. The van der Waals surface area contributed by atoms with Crippen LogP contribution in [0.1, 0.15) is 10.4 Å². The summed E-state index contributed by atoms with van der Waals surface area (Å²) in [5, 5.41) is 1.01. The number of amides is 1. The van der Waals surface area contributed by atoms with Crippen molar-refractivity contribution in [2.75, 3.05) is 7.11 Å². The standard InChI is InChI=1S/C16H14N2O2/c1-20-14-6-5-12(15-13(14)7-8-18-15)10-3-2-4-11(9-10)16(17)19/h2-9,18H,1H3,(H2,17,19). The first-order valence-electron chi connectivity index (χ1n) is 6.25. The molecule has 0 atom stereocenters. The number of nitrogens with one attached hydrogen (secondary N) is 1. The second-order valence-corrected chi connectivity index (χ2v) is 4.53. The molecule has 3 rings (SSSR count). The van der Waals surface area contributed by atoms with Gasteiger partial charge in [-0.3, -0.25) is 4.79 Å².